The summed E-state index contributed by atoms with van der Waals surface area (Å²) in [5.74, 6) is 0.470. The van der Waals surface area contributed by atoms with E-state index < -0.39 is 0 Å². The number of nitrogens with zero attached hydrogens (tertiary/aromatic N) is 2. The molecule has 84 valence electrons. The summed E-state index contributed by atoms with van der Waals surface area (Å²) in [6.07, 6.45) is 2.36. The summed E-state index contributed by atoms with van der Waals surface area (Å²) in [5, 5.41) is 9.28. The van der Waals surface area contributed by atoms with E-state index in [4.69, 9.17) is 0 Å². The first-order valence-corrected chi connectivity index (χ1v) is 5.68. The second kappa shape index (κ2) is 5.69. The lowest BCUT2D eigenvalue weighted by Crippen LogP contribution is -2.51. The summed E-state index contributed by atoms with van der Waals surface area (Å²) >= 11 is 0. The van der Waals surface area contributed by atoms with E-state index in [9.17, 15) is 5.11 Å². The molecule has 14 heavy (non-hydrogen) atoms. The molecule has 1 rings (SSSR count). The van der Waals surface area contributed by atoms with Gasteiger partial charge in [-0.15, -0.1) is 0 Å². The molecule has 0 aromatic rings. The third-order valence-electron chi connectivity index (χ3n) is 3.24. The lowest BCUT2D eigenvalue weighted by Gasteiger charge is -2.41. The van der Waals surface area contributed by atoms with Crippen molar-refractivity contribution in [1.82, 2.24) is 9.80 Å². The molecule has 1 aliphatic heterocycles. The second-order valence-electron chi connectivity index (χ2n) is 4.56. The summed E-state index contributed by atoms with van der Waals surface area (Å²) in [4.78, 5) is 4.76. The lowest BCUT2D eigenvalue weighted by atomic mass is 9.91. The van der Waals surface area contributed by atoms with Gasteiger partial charge in [-0.2, -0.15) is 0 Å². The minimum Gasteiger partial charge on any atom is -0.396 e. The van der Waals surface area contributed by atoms with Crippen LogP contribution in [0.1, 0.15) is 19.8 Å². The van der Waals surface area contributed by atoms with E-state index in [-0.39, 0.29) is 0 Å². The van der Waals surface area contributed by atoms with Crippen LogP contribution in [0, 0.1) is 5.92 Å². The summed E-state index contributed by atoms with van der Waals surface area (Å²) < 4.78 is 0. The molecule has 0 amide bonds. The molecule has 2 atom stereocenters. The van der Waals surface area contributed by atoms with E-state index in [0.29, 0.717) is 18.6 Å². The van der Waals surface area contributed by atoms with Crippen molar-refractivity contribution in [2.75, 3.05) is 40.3 Å². The van der Waals surface area contributed by atoms with Crippen molar-refractivity contribution in [1.29, 1.82) is 0 Å². The fraction of sp³-hybridized carbons (Fsp3) is 1.00. The van der Waals surface area contributed by atoms with E-state index in [0.717, 1.165) is 19.5 Å². The van der Waals surface area contributed by atoms with Crippen LogP contribution in [0.5, 0.6) is 0 Å². The van der Waals surface area contributed by atoms with Gasteiger partial charge in [0.05, 0.1) is 0 Å². The maximum absolute atomic E-state index is 9.28. The number of rotatable bonds is 4. The maximum atomic E-state index is 9.28. The predicted molar refractivity (Wildman–Crippen MR) is 59.4 cm³/mol. The van der Waals surface area contributed by atoms with Crippen molar-refractivity contribution in [3.8, 4) is 0 Å². The Labute approximate surface area is 87.7 Å². The van der Waals surface area contributed by atoms with E-state index in [2.05, 4.69) is 30.8 Å². The Balaban J connectivity index is 2.48. The number of likely N-dealkylation sites (N-methyl/N-ethyl adjacent to an activating group) is 1. The van der Waals surface area contributed by atoms with Gasteiger partial charge in [-0.3, -0.25) is 0 Å². The first kappa shape index (κ1) is 12.0. The minimum absolute atomic E-state index is 0.336. The van der Waals surface area contributed by atoms with Crippen LogP contribution < -0.4 is 0 Å². The molecular formula is C11H24N2O. The molecule has 0 unspecified atom stereocenters. The van der Waals surface area contributed by atoms with Gasteiger partial charge in [0, 0.05) is 19.2 Å². The van der Waals surface area contributed by atoms with Gasteiger partial charge < -0.3 is 14.9 Å². The number of aliphatic hydroxyl groups excluding tert-OH is 1. The zero-order valence-electron chi connectivity index (χ0n) is 9.74. The molecule has 0 aromatic carbocycles. The zero-order valence-corrected chi connectivity index (χ0v) is 9.74. The topological polar surface area (TPSA) is 26.7 Å². The van der Waals surface area contributed by atoms with Crippen molar-refractivity contribution >= 4 is 0 Å². The van der Waals surface area contributed by atoms with Crippen LogP contribution in [0.4, 0.5) is 0 Å². The van der Waals surface area contributed by atoms with Crippen molar-refractivity contribution in [3.63, 3.8) is 0 Å². The SMILES string of the molecule is CCCN1CC[C@H](CO)[C@H](N(C)C)C1. The van der Waals surface area contributed by atoms with E-state index >= 15 is 0 Å². The van der Waals surface area contributed by atoms with Gasteiger partial charge in [0.2, 0.25) is 0 Å². The van der Waals surface area contributed by atoms with Gasteiger partial charge in [-0.1, -0.05) is 6.92 Å². The number of likely N-dealkylation sites (tertiary alicyclic amines) is 1. The highest BCUT2D eigenvalue weighted by atomic mass is 16.3. The molecule has 0 saturated carbocycles. The van der Waals surface area contributed by atoms with Gasteiger partial charge in [-0.25, -0.2) is 0 Å². The third kappa shape index (κ3) is 2.94. The van der Waals surface area contributed by atoms with Crippen LogP contribution in [-0.2, 0) is 0 Å². The molecule has 1 fully saturated rings. The Kier molecular flexibility index (Phi) is 4.85. The molecule has 0 radical (unpaired) electrons. The van der Waals surface area contributed by atoms with E-state index in [1.54, 1.807) is 0 Å². The molecule has 1 N–H and O–H groups in total. The highest BCUT2D eigenvalue weighted by Gasteiger charge is 2.29. The highest BCUT2D eigenvalue weighted by molar-refractivity contribution is 4.84. The van der Waals surface area contributed by atoms with Gasteiger partial charge in [0.15, 0.2) is 0 Å². The monoisotopic (exact) mass is 200 g/mol. The number of hydrogen-bond donors (Lipinski definition) is 1. The minimum atomic E-state index is 0.336. The molecule has 0 aromatic heterocycles. The van der Waals surface area contributed by atoms with Gasteiger partial charge >= 0.3 is 0 Å². The normalized spacial score (nSPS) is 29.8. The van der Waals surface area contributed by atoms with Crippen LogP contribution >= 0.6 is 0 Å². The zero-order chi connectivity index (χ0) is 10.6. The number of aliphatic hydroxyl groups is 1. The van der Waals surface area contributed by atoms with E-state index in [1.807, 2.05) is 0 Å². The Morgan fingerprint density at radius 3 is 2.64 bits per heavy atom. The third-order valence-corrected chi connectivity index (χ3v) is 3.24. The van der Waals surface area contributed by atoms with Crippen LogP contribution in [0.2, 0.25) is 0 Å². The fourth-order valence-electron chi connectivity index (χ4n) is 2.36. The molecule has 1 heterocycles. The Morgan fingerprint density at radius 2 is 2.14 bits per heavy atom. The molecule has 0 bridgehead atoms. The largest absolute Gasteiger partial charge is 0.396 e. The van der Waals surface area contributed by atoms with Gasteiger partial charge in [0.1, 0.15) is 0 Å². The number of hydrogen-bond acceptors (Lipinski definition) is 3. The molecular weight excluding hydrogens is 176 g/mol. The molecule has 0 aliphatic carbocycles. The average molecular weight is 200 g/mol. The maximum Gasteiger partial charge on any atom is 0.0475 e. The van der Waals surface area contributed by atoms with Gasteiger partial charge in [0.25, 0.3) is 0 Å². The first-order chi connectivity index (χ1) is 6.69. The second-order valence-corrected chi connectivity index (χ2v) is 4.56. The average Bonchev–Trinajstić information content (AvgIpc) is 2.18. The molecule has 3 nitrogen and oxygen atoms in total. The quantitative estimate of drug-likeness (QED) is 0.721. The van der Waals surface area contributed by atoms with Crippen molar-refractivity contribution in [2.45, 2.75) is 25.8 Å². The van der Waals surface area contributed by atoms with Crippen LogP contribution in [0.25, 0.3) is 0 Å². The summed E-state index contributed by atoms with van der Waals surface area (Å²) in [5.41, 5.74) is 0. The van der Waals surface area contributed by atoms with Crippen LogP contribution in [-0.4, -0.2) is 61.3 Å². The Bertz CT molecular complexity index is 161. The fourth-order valence-corrected chi connectivity index (χ4v) is 2.36. The molecule has 0 spiro atoms. The first-order valence-electron chi connectivity index (χ1n) is 5.68. The van der Waals surface area contributed by atoms with Crippen molar-refractivity contribution in [2.24, 2.45) is 5.92 Å². The molecule has 3 heteroatoms. The van der Waals surface area contributed by atoms with E-state index in [1.165, 1.54) is 13.0 Å². The van der Waals surface area contributed by atoms with Crippen molar-refractivity contribution < 1.29 is 5.11 Å². The standard InChI is InChI=1S/C11H24N2O/c1-4-6-13-7-5-10(9-14)11(8-13)12(2)3/h10-11,14H,4-9H2,1-3H3/t10-,11-/m1/s1. The molecule has 1 aliphatic rings. The molecule has 1 saturated heterocycles. The van der Waals surface area contributed by atoms with Crippen molar-refractivity contribution in [3.05, 3.63) is 0 Å². The lowest BCUT2D eigenvalue weighted by molar-refractivity contribution is 0.0495. The Morgan fingerprint density at radius 1 is 1.43 bits per heavy atom. The predicted octanol–water partition coefficient (Wildman–Crippen LogP) is 0.641. The van der Waals surface area contributed by atoms with Crippen LogP contribution in [0.3, 0.4) is 0 Å². The van der Waals surface area contributed by atoms with Gasteiger partial charge in [-0.05, 0) is 45.9 Å². The van der Waals surface area contributed by atoms with Crippen LogP contribution in [0.15, 0.2) is 0 Å². The Hall–Kier alpha value is -0.120. The highest BCUT2D eigenvalue weighted by Crippen LogP contribution is 2.20. The summed E-state index contributed by atoms with van der Waals surface area (Å²) in [6.45, 7) is 6.03. The smallest absolute Gasteiger partial charge is 0.0475 e. The number of piperidine rings is 1. The summed E-state index contributed by atoms with van der Waals surface area (Å²) in [7, 11) is 4.23. The summed E-state index contributed by atoms with van der Waals surface area (Å²) in [6, 6.07) is 0.528.